The van der Waals surface area contributed by atoms with Crippen LogP contribution in [0.1, 0.15) is 31.0 Å². The molecule has 0 bridgehead atoms. The van der Waals surface area contributed by atoms with Gasteiger partial charge in [-0.15, -0.1) is 0 Å². The zero-order valence-corrected chi connectivity index (χ0v) is 9.79. The van der Waals surface area contributed by atoms with Gasteiger partial charge < -0.3 is 10.3 Å². The van der Waals surface area contributed by atoms with Crippen molar-refractivity contribution in [2.75, 3.05) is 5.73 Å². The largest absolute Gasteiger partial charge is 0.397 e. The summed E-state index contributed by atoms with van der Waals surface area (Å²) in [7, 11) is 0. The quantitative estimate of drug-likeness (QED) is 0.726. The third-order valence-electron chi connectivity index (χ3n) is 3.74. The van der Waals surface area contributed by atoms with Gasteiger partial charge >= 0.3 is 0 Å². The Balaban J connectivity index is 2.42. The molecular weight excluding hydrogens is 196 g/mol. The zero-order valence-electron chi connectivity index (χ0n) is 9.79. The second-order valence-electron chi connectivity index (χ2n) is 4.62. The van der Waals surface area contributed by atoms with Crippen LogP contribution in [0.5, 0.6) is 0 Å². The van der Waals surface area contributed by atoms with E-state index in [1.807, 2.05) is 6.07 Å². The number of aryl methyl sites for hydroxylation is 2. The standard InChI is InChI=1S/C14H18N2/c1-2-16-13-9-4-3-6-10(13)11-7-5-8-12(15)14(11)16/h5,7-8H,2-4,6,9,15H2,1H3. The smallest absolute Gasteiger partial charge is 0.0718 e. The third kappa shape index (κ3) is 1.19. The molecule has 2 nitrogen and oxygen atoms in total. The first kappa shape index (κ1) is 9.76. The van der Waals surface area contributed by atoms with Gasteiger partial charge in [0.05, 0.1) is 11.2 Å². The van der Waals surface area contributed by atoms with Crippen LogP contribution in [0.15, 0.2) is 18.2 Å². The van der Waals surface area contributed by atoms with E-state index in [0.717, 1.165) is 12.2 Å². The molecule has 0 spiro atoms. The molecule has 3 rings (SSSR count). The summed E-state index contributed by atoms with van der Waals surface area (Å²) in [6.07, 6.45) is 5.09. The molecule has 2 heteroatoms. The van der Waals surface area contributed by atoms with E-state index in [9.17, 15) is 0 Å². The molecule has 0 saturated carbocycles. The van der Waals surface area contributed by atoms with Crippen LogP contribution in [-0.4, -0.2) is 4.57 Å². The molecule has 84 valence electrons. The van der Waals surface area contributed by atoms with Gasteiger partial charge in [-0.2, -0.15) is 0 Å². The van der Waals surface area contributed by atoms with Crippen molar-refractivity contribution in [2.45, 2.75) is 39.2 Å². The molecule has 0 fully saturated rings. The summed E-state index contributed by atoms with van der Waals surface area (Å²) in [6.45, 7) is 3.24. The van der Waals surface area contributed by atoms with Gasteiger partial charge in [0.15, 0.2) is 0 Å². The van der Waals surface area contributed by atoms with Crippen molar-refractivity contribution < 1.29 is 0 Å². The minimum Gasteiger partial charge on any atom is -0.397 e. The number of anilines is 1. The maximum atomic E-state index is 6.12. The van der Waals surface area contributed by atoms with Gasteiger partial charge in [0.25, 0.3) is 0 Å². The van der Waals surface area contributed by atoms with Crippen LogP contribution in [0.4, 0.5) is 5.69 Å². The topological polar surface area (TPSA) is 30.9 Å². The molecule has 2 N–H and O–H groups in total. The Kier molecular flexibility index (Phi) is 2.16. The van der Waals surface area contributed by atoms with E-state index in [2.05, 4.69) is 23.6 Å². The molecule has 0 aliphatic heterocycles. The lowest BCUT2D eigenvalue weighted by Crippen LogP contribution is -2.07. The molecule has 0 saturated heterocycles. The Bertz CT molecular complexity index is 537. The molecule has 0 atom stereocenters. The number of fused-ring (bicyclic) bond motifs is 3. The fraction of sp³-hybridized carbons (Fsp3) is 0.429. The summed E-state index contributed by atoms with van der Waals surface area (Å²) in [4.78, 5) is 0. The molecule has 1 aliphatic carbocycles. The Morgan fingerprint density at radius 1 is 1.25 bits per heavy atom. The molecule has 0 radical (unpaired) electrons. The summed E-state index contributed by atoms with van der Waals surface area (Å²) in [5.74, 6) is 0. The molecular formula is C14H18N2. The monoisotopic (exact) mass is 214 g/mol. The van der Waals surface area contributed by atoms with Crippen LogP contribution in [0.25, 0.3) is 10.9 Å². The third-order valence-corrected chi connectivity index (χ3v) is 3.74. The molecule has 1 heterocycles. The van der Waals surface area contributed by atoms with E-state index >= 15 is 0 Å². The average molecular weight is 214 g/mol. The molecule has 1 aromatic heterocycles. The Hall–Kier alpha value is -1.44. The predicted octanol–water partition coefficient (Wildman–Crippen LogP) is 3.12. The number of nitrogens with two attached hydrogens (primary N) is 1. The van der Waals surface area contributed by atoms with Crippen LogP contribution in [-0.2, 0) is 19.4 Å². The lowest BCUT2D eigenvalue weighted by Gasteiger charge is -2.14. The number of hydrogen-bond acceptors (Lipinski definition) is 1. The summed E-state index contributed by atoms with van der Waals surface area (Å²) < 4.78 is 2.42. The first-order valence-electron chi connectivity index (χ1n) is 6.21. The summed E-state index contributed by atoms with van der Waals surface area (Å²) in [6, 6.07) is 6.31. The number of aromatic nitrogens is 1. The number of para-hydroxylation sites is 1. The Morgan fingerprint density at radius 2 is 2.06 bits per heavy atom. The highest BCUT2D eigenvalue weighted by molar-refractivity contribution is 5.94. The maximum absolute atomic E-state index is 6.12. The second kappa shape index (κ2) is 3.55. The van der Waals surface area contributed by atoms with Gasteiger partial charge in [-0.05, 0) is 44.2 Å². The highest BCUT2D eigenvalue weighted by Gasteiger charge is 2.19. The van der Waals surface area contributed by atoms with Crippen molar-refractivity contribution in [3.05, 3.63) is 29.5 Å². The van der Waals surface area contributed by atoms with Gasteiger partial charge in [0.2, 0.25) is 0 Å². The zero-order chi connectivity index (χ0) is 11.1. The highest BCUT2D eigenvalue weighted by atomic mass is 15.0. The minimum atomic E-state index is 0.925. The predicted molar refractivity (Wildman–Crippen MR) is 68.7 cm³/mol. The van der Waals surface area contributed by atoms with Gasteiger partial charge in [-0.3, -0.25) is 0 Å². The SMILES string of the molecule is CCn1c2c(c3cccc(N)c31)CCCC2. The number of hydrogen-bond donors (Lipinski definition) is 1. The number of rotatable bonds is 1. The molecule has 16 heavy (non-hydrogen) atoms. The van der Waals surface area contributed by atoms with Crippen LogP contribution in [0.2, 0.25) is 0 Å². The first-order valence-corrected chi connectivity index (χ1v) is 6.21. The van der Waals surface area contributed by atoms with Crippen molar-refractivity contribution in [3.63, 3.8) is 0 Å². The first-order chi connectivity index (χ1) is 7.83. The lowest BCUT2D eigenvalue weighted by atomic mass is 9.95. The molecule has 1 aliphatic rings. The van der Waals surface area contributed by atoms with Gasteiger partial charge in [0.1, 0.15) is 0 Å². The van der Waals surface area contributed by atoms with E-state index in [1.165, 1.54) is 42.3 Å². The van der Waals surface area contributed by atoms with E-state index < -0.39 is 0 Å². The summed E-state index contributed by atoms with van der Waals surface area (Å²) in [5, 5.41) is 1.39. The van der Waals surface area contributed by atoms with E-state index in [-0.39, 0.29) is 0 Å². The van der Waals surface area contributed by atoms with Gasteiger partial charge in [0, 0.05) is 17.6 Å². The molecule has 0 unspecified atom stereocenters. The van der Waals surface area contributed by atoms with Crippen molar-refractivity contribution in [2.24, 2.45) is 0 Å². The number of nitrogen functional groups attached to an aromatic ring is 1. The normalized spacial score (nSPS) is 15.3. The van der Waals surface area contributed by atoms with E-state index in [1.54, 1.807) is 5.56 Å². The second-order valence-corrected chi connectivity index (χ2v) is 4.62. The van der Waals surface area contributed by atoms with Crippen molar-refractivity contribution in [1.29, 1.82) is 0 Å². The van der Waals surface area contributed by atoms with E-state index in [4.69, 9.17) is 5.73 Å². The fourth-order valence-electron chi connectivity index (χ4n) is 3.07. The van der Waals surface area contributed by atoms with E-state index in [0.29, 0.717) is 0 Å². The van der Waals surface area contributed by atoms with Gasteiger partial charge in [-0.25, -0.2) is 0 Å². The van der Waals surface area contributed by atoms with Crippen molar-refractivity contribution >= 4 is 16.6 Å². The van der Waals surface area contributed by atoms with Crippen LogP contribution >= 0.6 is 0 Å². The van der Waals surface area contributed by atoms with Crippen molar-refractivity contribution in [3.8, 4) is 0 Å². The Labute approximate surface area is 96.1 Å². The maximum Gasteiger partial charge on any atom is 0.0718 e. The number of benzene rings is 1. The lowest BCUT2D eigenvalue weighted by molar-refractivity contribution is 0.630. The average Bonchev–Trinajstić information content (AvgIpc) is 2.65. The minimum absolute atomic E-state index is 0.925. The van der Waals surface area contributed by atoms with Crippen molar-refractivity contribution in [1.82, 2.24) is 4.57 Å². The van der Waals surface area contributed by atoms with Crippen LogP contribution in [0.3, 0.4) is 0 Å². The molecule has 2 aromatic rings. The van der Waals surface area contributed by atoms with Crippen LogP contribution < -0.4 is 5.73 Å². The van der Waals surface area contributed by atoms with Gasteiger partial charge in [-0.1, -0.05) is 12.1 Å². The number of nitrogens with zero attached hydrogens (tertiary/aromatic N) is 1. The van der Waals surface area contributed by atoms with Crippen LogP contribution in [0, 0.1) is 0 Å². The fourth-order valence-corrected chi connectivity index (χ4v) is 3.07. The molecule has 1 aromatic carbocycles. The summed E-state index contributed by atoms with van der Waals surface area (Å²) >= 11 is 0. The highest BCUT2D eigenvalue weighted by Crippen LogP contribution is 2.34. The molecule has 0 amide bonds. The summed E-state index contributed by atoms with van der Waals surface area (Å²) in [5.41, 5.74) is 11.4. The Morgan fingerprint density at radius 3 is 2.88 bits per heavy atom.